The van der Waals surface area contributed by atoms with E-state index in [2.05, 4.69) is 37.4 Å². The first-order valence-electron chi connectivity index (χ1n) is 10.9. The van der Waals surface area contributed by atoms with E-state index >= 15 is 0 Å². The molecule has 2 aromatic rings. The zero-order valence-corrected chi connectivity index (χ0v) is 19.9. The SMILES string of the molecule is CC[C@H](C)N(CC(=O)N1CCc2sccc2[C@H]1c1ccccc1C)C(=O)C(C)(C)C. The van der Waals surface area contributed by atoms with Crippen LogP contribution in [0, 0.1) is 12.3 Å². The molecular formula is C25H34N2O2S. The number of carbonyl (C=O) groups excluding carboxylic acids is 2. The van der Waals surface area contributed by atoms with Gasteiger partial charge in [0.15, 0.2) is 0 Å². The Morgan fingerprint density at radius 3 is 2.53 bits per heavy atom. The molecule has 0 N–H and O–H groups in total. The largest absolute Gasteiger partial charge is 0.330 e. The van der Waals surface area contributed by atoms with Gasteiger partial charge in [-0.15, -0.1) is 11.3 Å². The van der Waals surface area contributed by atoms with Gasteiger partial charge in [0.25, 0.3) is 0 Å². The van der Waals surface area contributed by atoms with Gasteiger partial charge in [0.1, 0.15) is 6.54 Å². The Morgan fingerprint density at radius 2 is 1.90 bits per heavy atom. The minimum atomic E-state index is -0.512. The summed E-state index contributed by atoms with van der Waals surface area (Å²) in [5.41, 5.74) is 3.07. The lowest BCUT2D eigenvalue weighted by Gasteiger charge is -2.40. The van der Waals surface area contributed by atoms with Crippen molar-refractivity contribution in [1.82, 2.24) is 9.80 Å². The predicted molar refractivity (Wildman–Crippen MR) is 124 cm³/mol. The Bertz CT molecular complexity index is 912. The van der Waals surface area contributed by atoms with Gasteiger partial charge < -0.3 is 9.80 Å². The number of benzene rings is 1. The summed E-state index contributed by atoms with van der Waals surface area (Å²) in [6, 6.07) is 10.4. The lowest BCUT2D eigenvalue weighted by atomic mass is 9.90. The van der Waals surface area contributed by atoms with Crippen LogP contribution < -0.4 is 0 Å². The standard InChI is InChI=1S/C25H34N2O2S/c1-7-18(3)27(24(29)25(4,5)6)16-22(28)26-14-12-21-20(13-15-30-21)23(26)19-11-9-8-10-17(19)2/h8-11,13,15,18,23H,7,12,14,16H2,1-6H3/t18-,23+/m0/s1. The van der Waals surface area contributed by atoms with Crippen molar-refractivity contribution < 1.29 is 9.59 Å². The summed E-state index contributed by atoms with van der Waals surface area (Å²) in [5, 5.41) is 2.12. The van der Waals surface area contributed by atoms with Gasteiger partial charge in [-0.1, -0.05) is 52.0 Å². The molecule has 0 spiro atoms. The maximum Gasteiger partial charge on any atom is 0.243 e. The Hall–Kier alpha value is -2.14. The van der Waals surface area contributed by atoms with E-state index < -0.39 is 5.41 Å². The van der Waals surface area contributed by atoms with Crippen LogP contribution in [0.15, 0.2) is 35.7 Å². The number of fused-ring (bicyclic) bond motifs is 1. The van der Waals surface area contributed by atoms with Crippen molar-refractivity contribution in [1.29, 1.82) is 0 Å². The van der Waals surface area contributed by atoms with E-state index in [4.69, 9.17) is 0 Å². The molecule has 1 aromatic heterocycles. The van der Waals surface area contributed by atoms with Gasteiger partial charge in [-0.2, -0.15) is 0 Å². The Balaban J connectivity index is 1.95. The van der Waals surface area contributed by atoms with E-state index in [1.165, 1.54) is 21.6 Å². The van der Waals surface area contributed by atoms with Gasteiger partial charge in [-0.3, -0.25) is 9.59 Å². The predicted octanol–water partition coefficient (Wildman–Crippen LogP) is 5.20. The fraction of sp³-hybridized carbons (Fsp3) is 0.520. The van der Waals surface area contributed by atoms with Gasteiger partial charge in [-0.05, 0) is 54.8 Å². The van der Waals surface area contributed by atoms with Crippen LogP contribution in [0.1, 0.15) is 68.6 Å². The molecule has 0 saturated heterocycles. The molecule has 1 aromatic carbocycles. The highest BCUT2D eigenvalue weighted by Gasteiger charge is 2.37. The van der Waals surface area contributed by atoms with Crippen molar-refractivity contribution in [3.05, 3.63) is 57.3 Å². The van der Waals surface area contributed by atoms with Crippen LogP contribution >= 0.6 is 11.3 Å². The van der Waals surface area contributed by atoms with Crippen molar-refractivity contribution in [3.8, 4) is 0 Å². The molecule has 2 atom stereocenters. The van der Waals surface area contributed by atoms with E-state index in [-0.39, 0.29) is 30.4 Å². The fourth-order valence-electron chi connectivity index (χ4n) is 4.13. The van der Waals surface area contributed by atoms with Crippen LogP contribution in [-0.4, -0.2) is 40.7 Å². The quantitative estimate of drug-likeness (QED) is 0.659. The molecule has 0 aliphatic carbocycles. The molecule has 3 rings (SSSR count). The van der Waals surface area contributed by atoms with E-state index in [0.717, 1.165) is 12.8 Å². The number of aryl methyl sites for hydroxylation is 1. The lowest BCUT2D eigenvalue weighted by molar-refractivity contribution is -0.148. The number of hydrogen-bond donors (Lipinski definition) is 0. The molecule has 1 aliphatic rings. The molecule has 0 unspecified atom stereocenters. The highest BCUT2D eigenvalue weighted by atomic mass is 32.1. The molecule has 2 amide bonds. The van der Waals surface area contributed by atoms with Crippen molar-refractivity contribution in [2.75, 3.05) is 13.1 Å². The van der Waals surface area contributed by atoms with Gasteiger partial charge in [0.2, 0.25) is 11.8 Å². The minimum Gasteiger partial charge on any atom is -0.330 e. The van der Waals surface area contributed by atoms with Gasteiger partial charge in [-0.25, -0.2) is 0 Å². The third kappa shape index (κ3) is 4.46. The molecule has 0 saturated carbocycles. The molecule has 5 heteroatoms. The third-order valence-electron chi connectivity index (χ3n) is 6.10. The number of amides is 2. The van der Waals surface area contributed by atoms with Crippen LogP contribution in [0.25, 0.3) is 0 Å². The first-order chi connectivity index (χ1) is 14.1. The minimum absolute atomic E-state index is 0.0259. The number of carbonyl (C=O) groups is 2. The topological polar surface area (TPSA) is 40.6 Å². The highest BCUT2D eigenvalue weighted by molar-refractivity contribution is 7.10. The molecule has 0 bridgehead atoms. The summed E-state index contributed by atoms with van der Waals surface area (Å²) in [6.45, 7) is 12.8. The summed E-state index contributed by atoms with van der Waals surface area (Å²) in [4.78, 5) is 31.9. The first kappa shape index (κ1) is 22.5. The van der Waals surface area contributed by atoms with E-state index in [1.807, 2.05) is 44.7 Å². The summed E-state index contributed by atoms with van der Waals surface area (Å²) >= 11 is 1.77. The maximum atomic E-state index is 13.6. The second-order valence-corrected chi connectivity index (χ2v) is 10.3. The second-order valence-electron chi connectivity index (χ2n) is 9.34. The Morgan fingerprint density at radius 1 is 1.20 bits per heavy atom. The fourth-order valence-corrected chi connectivity index (χ4v) is 5.03. The number of rotatable bonds is 5. The highest BCUT2D eigenvalue weighted by Crippen LogP contribution is 2.39. The first-order valence-corrected chi connectivity index (χ1v) is 11.8. The molecule has 1 aliphatic heterocycles. The van der Waals surface area contributed by atoms with Crippen molar-refractivity contribution >= 4 is 23.2 Å². The lowest BCUT2D eigenvalue weighted by Crippen LogP contribution is -2.51. The normalized spacial score (nSPS) is 17.4. The molecule has 30 heavy (non-hydrogen) atoms. The summed E-state index contributed by atoms with van der Waals surface area (Å²) in [7, 11) is 0. The second kappa shape index (κ2) is 8.93. The summed E-state index contributed by atoms with van der Waals surface area (Å²) in [5.74, 6) is 0.0591. The van der Waals surface area contributed by atoms with E-state index in [9.17, 15) is 9.59 Å². The molecule has 0 fully saturated rings. The van der Waals surface area contributed by atoms with E-state index in [1.54, 1.807) is 16.2 Å². The maximum absolute atomic E-state index is 13.6. The zero-order chi connectivity index (χ0) is 22.1. The monoisotopic (exact) mass is 426 g/mol. The molecule has 162 valence electrons. The average Bonchev–Trinajstić information content (AvgIpc) is 3.18. The number of nitrogens with zero attached hydrogens (tertiary/aromatic N) is 2. The number of hydrogen-bond acceptors (Lipinski definition) is 3. The van der Waals surface area contributed by atoms with Gasteiger partial charge in [0.05, 0.1) is 6.04 Å². The van der Waals surface area contributed by atoms with Crippen molar-refractivity contribution in [2.45, 2.75) is 66.5 Å². The molecule has 0 radical (unpaired) electrons. The number of thiophene rings is 1. The van der Waals surface area contributed by atoms with Crippen LogP contribution in [0.3, 0.4) is 0 Å². The smallest absolute Gasteiger partial charge is 0.243 e. The molecule has 2 heterocycles. The Kier molecular flexibility index (Phi) is 6.71. The van der Waals surface area contributed by atoms with E-state index in [0.29, 0.717) is 6.54 Å². The van der Waals surface area contributed by atoms with Crippen molar-refractivity contribution in [2.24, 2.45) is 5.41 Å². The summed E-state index contributed by atoms with van der Waals surface area (Å²) in [6.07, 6.45) is 1.70. The summed E-state index contributed by atoms with van der Waals surface area (Å²) < 4.78 is 0. The van der Waals surface area contributed by atoms with Crippen LogP contribution in [0.5, 0.6) is 0 Å². The van der Waals surface area contributed by atoms with Crippen LogP contribution in [0.2, 0.25) is 0 Å². The molecule has 4 nitrogen and oxygen atoms in total. The Labute approximate surface area is 184 Å². The van der Waals surface area contributed by atoms with Gasteiger partial charge >= 0.3 is 0 Å². The van der Waals surface area contributed by atoms with Crippen molar-refractivity contribution in [3.63, 3.8) is 0 Å². The van der Waals surface area contributed by atoms with Crippen LogP contribution in [-0.2, 0) is 16.0 Å². The zero-order valence-electron chi connectivity index (χ0n) is 19.1. The molecular weight excluding hydrogens is 392 g/mol. The van der Waals surface area contributed by atoms with Gasteiger partial charge in [0, 0.05) is 22.9 Å². The average molecular weight is 427 g/mol. The third-order valence-corrected chi connectivity index (χ3v) is 7.10. The van der Waals surface area contributed by atoms with Crippen LogP contribution in [0.4, 0.5) is 0 Å².